The molecule has 0 aliphatic heterocycles. The van der Waals surface area contributed by atoms with Crippen LogP contribution >= 0.6 is 0 Å². The van der Waals surface area contributed by atoms with Crippen LogP contribution in [0, 0.1) is 41.5 Å². The van der Waals surface area contributed by atoms with E-state index in [1.165, 1.54) is 67.5 Å². The summed E-state index contributed by atoms with van der Waals surface area (Å²) in [5, 5.41) is 44.1. The van der Waals surface area contributed by atoms with Crippen molar-refractivity contribution in [1.29, 1.82) is 0 Å². The highest BCUT2D eigenvalue weighted by molar-refractivity contribution is 5.88. The van der Waals surface area contributed by atoms with E-state index in [2.05, 4.69) is 167 Å². The minimum absolute atomic E-state index is 1.14. The molecular formula is C48H53N3O7. The molecule has 0 bridgehead atoms. The fraction of sp³-hybridized carbons (Fsp3) is 0.188. The number of rotatable bonds is 11. The highest BCUT2D eigenvalue weighted by Crippen LogP contribution is 2.25. The molecule has 10 heteroatoms. The number of carboxylic acid groups (broad SMARTS) is 3. The van der Waals surface area contributed by atoms with Crippen molar-refractivity contribution in [2.75, 3.05) is 16.0 Å². The third kappa shape index (κ3) is 15.0. The summed E-state index contributed by atoms with van der Waals surface area (Å²) in [6.45, 7) is 12.7. The van der Waals surface area contributed by atoms with Gasteiger partial charge in [-0.25, -0.2) is 4.79 Å². The van der Waals surface area contributed by atoms with Crippen LogP contribution in [-0.4, -0.2) is 43.9 Å². The van der Waals surface area contributed by atoms with Gasteiger partial charge in [-0.1, -0.05) is 109 Å². The number of aliphatic hydroxyl groups is 1. The Kier molecular flexibility index (Phi) is 17.7. The van der Waals surface area contributed by atoms with Crippen LogP contribution in [-0.2, 0) is 14.4 Å². The highest BCUT2D eigenvalue weighted by atomic mass is 16.4. The molecule has 0 fully saturated rings. The molecule has 302 valence electrons. The Morgan fingerprint density at radius 1 is 0.379 bits per heavy atom. The summed E-state index contributed by atoms with van der Waals surface area (Å²) in [6.07, 6.45) is -2.29. The number of carbonyl (C=O) groups is 3. The van der Waals surface area contributed by atoms with Gasteiger partial charge < -0.3 is 36.4 Å². The van der Waals surface area contributed by atoms with Crippen molar-refractivity contribution in [3.63, 3.8) is 0 Å². The maximum absolute atomic E-state index is 10.3. The standard InChI is InChI=1S/3C14H15N.C6H8O7/c3*1-11-7-3-5-9-13(11)15-14-10-6-4-8-12(14)2;7-3(8)1-6(13,5(11)12)2-4(9)10/h3*3-10,15H,1-2H3;13H,1-2H2,(H,7,8)(H,9,10)(H,11,12). The normalized spacial score (nSPS) is 10.2. The molecule has 0 aliphatic carbocycles. The van der Waals surface area contributed by atoms with Crippen molar-refractivity contribution in [2.45, 2.75) is 60.0 Å². The van der Waals surface area contributed by atoms with Crippen LogP contribution in [0.3, 0.4) is 0 Å². The fourth-order valence-electron chi connectivity index (χ4n) is 5.43. The van der Waals surface area contributed by atoms with Gasteiger partial charge in [0.1, 0.15) is 0 Å². The Balaban J connectivity index is 0.000000207. The largest absolute Gasteiger partial charge is 0.481 e. The second-order valence-electron chi connectivity index (χ2n) is 13.7. The zero-order valence-electron chi connectivity index (χ0n) is 33.8. The maximum Gasteiger partial charge on any atom is 0.336 e. The maximum atomic E-state index is 10.3. The van der Waals surface area contributed by atoms with E-state index in [0.29, 0.717) is 0 Å². The summed E-state index contributed by atoms with van der Waals surface area (Å²) in [6, 6.07) is 49.9. The number of hydrogen-bond donors (Lipinski definition) is 7. The number of hydrogen-bond acceptors (Lipinski definition) is 7. The summed E-state index contributed by atoms with van der Waals surface area (Å²) in [5.41, 5.74) is 11.9. The van der Waals surface area contributed by atoms with Crippen molar-refractivity contribution in [2.24, 2.45) is 0 Å². The smallest absolute Gasteiger partial charge is 0.336 e. The van der Waals surface area contributed by atoms with Gasteiger partial charge in [0, 0.05) is 34.1 Å². The van der Waals surface area contributed by atoms with Gasteiger partial charge in [-0.05, 0) is 111 Å². The highest BCUT2D eigenvalue weighted by Gasteiger charge is 2.40. The lowest BCUT2D eigenvalue weighted by molar-refractivity contribution is -0.170. The van der Waals surface area contributed by atoms with E-state index in [4.69, 9.17) is 20.4 Å². The first-order valence-corrected chi connectivity index (χ1v) is 18.6. The van der Waals surface area contributed by atoms with Gasteiger partial charge in [-0.2, -0.15) is 0 Å². The molecule has 0 amide bonds. The lowest BCUT2D eigenvalue weighted by Crippen LogP contribution is -2.42. The summed E-state index contributed by atoms with van der Waals surface area (Å²) in [5.74, 6) is -5.02. The number of anilines is 6. The molecule has 6 aromatic carbocycles. The molecule has 0 heterocycles. The van der Waals surface area contributed by atoms with E-state index >= 15 is 0 Å². The van der Waals surface area contributed by atoms with Gasteiger partial charge in [0.25, 0.3) is 0 Å². The molecule has 0 aliphatic rings. The van der Waals surface area contributed by atoms with Crippen molar-refractivity contribution in [3.05, 3.63) is 179 Å². The quantitative estimate of drug-likeness (QED) is 0.0671. The van der Waals surface area contributed by atoms with E-state index in [-0.39, 0.29) is 0 Å². The van der Waals surface area contributed by atoms with Crippen LogP contribution in [0.1, 0.15) is 46.2 Å². The van der Waals surface area contributed by atoms with Crippen LogP contribution in [0.15, 0.2) is 146 Å². The molecule has 6 rings (SSSR count). The first-order valence-electron chi connectivity index (χ1n) is 18.6. The zero-order chi connectivity index (χ0) is 42.7. The topological polar surface area (TPSA) is 168 Å². The van der Waals surface area contributed by atoms with Crippen molar-refractivity contribution < 1.29 is 34.8 Å². The lowest BCUT2D eigenvalue weighted by Gasteiger charge is -2.18. The van der Waals surface area contributed by atoms with Crippen LogP contribution in [0.2, 0.25) is 0 Å². The van der Waals surface area contributed by atoms with Crippen LogP contribution in [0.5, 0.6) is 0 Å². The number of nitrogens with one attached hydrogen (secondary N) is 3. The van der Waals surface area contributed by atoms with E-state index in [0.717, 1.165) is 0 Å². The third-order valence-electron chi connectivity index (χ3n) is 8.96. The van der Waals surface area contributed by atoms with Gasteiger partial charge in [0.2, 0.25) is 0 Å². The number of carboxylic acids is 3. The first kappa shape index (κ1) is 45.5. The predicted molar refractivity (Wildman–Crippen MR) is 234 cm³/mol. The minimum Gasteiger partial charge on any atom is -0.481 e. The summed E-state index contributed by atoms with van der Waals surface area (Å²) in [7, 11) is 0. The van der Waals surface area contributed by atoms with E-state index < -0.39 is 36.4 Å². The fourth-order valence-corrected chi connectivity index (χ4v) is 5.43. The van der Waals surface area contributed by atoms with Crippen LogP contribution in [0.25, 0.3) is 0 Å². The molecule has 6 aromatic rings. The molecular weight excluding hydrogens is 731 g/mol. The molecule has 0 saturated carbocycles. The van der Waals surface area contributed by atoms with E-state index in [1.807, 2.05) is 36.4 Å². The molecule has 0 aromatic heterocycles. The molecule has 0 saturated heterocycles. The summed E-state index contributed by atoms with van der Waals surface area (Å²) < 4.78 is 0. The monoisotopic (exact) mass is 783 g/mol. The predicted octanol–water partition coefficient (Wildman–Crippen LogP) is 10.9. The molecule has 58 heavy (non-hydrogen) atoms. The Morgan fingerprint density at radius 2 is 0.552 bits per heavy atom. The average Bonchev–Trinajstić information content (AvgIpc) is 3.17. The van der Waals surface area contributed by atoms with Gasteiger partial charge >= 0.3 is 17.9 Å². The first-order chi connectivity index (χ1) is 27.6. The number of aliphatic carboxylic acids is 3. The van der Waals surface area contributed by atoms with Crippen molar-refractivity contribution in [3.8, 4) is 0 Å². The molecule has 10 nitrogen and oxygen atoms in total. The molecule has 7 N–H and O–H groups in total. The Labute approximate surface area is 340 Å². The average molecular weight is 784 g/mol. The number of para-hydroxylation sites is 6. The second kappa shape index (κ2) is 22.6. The third-order valence-corrected chi connectivity index (χ3v) is 8.96. The SMILES string of the molecule is Cc1ccccc1Nc1ccccc1C.Cc1ccccc1Nc1ccccc1C.Cc1ccccc1Nc1ccccc1C.O=C(O)CC(O)(CC(=O)O)C(=O)O. The van der Waals surface area contributed by atoms with Gasteiger partial charge in [0.15, 0.2) is 5.60 Å². The zero-order valence-corrected chi connectivity index (χ0v) is 33.8. The minimum atomic E-state index is -2.74. The Morgan fingerprint density at radius 3 is 0.690 bits per heavy atom. The molecule has 0 unspecified atom stereocenters. The molecule has 0 spiro atoms. The van der Waals surface area contributed by atoms with Crippen LogP contribution in [0.4, 0.5) is 34.1 Å². The lowest BCUT2D eigenvalue weighted by atomic mass is 9.96. The number of aryl methyl sites for hydroxylation is 6. The van der Waals surface area contributed by atoms with Gasteiger partial charge in [-0.3, -0.25) is 9.59 Å². The summed E-state index contributed by atoms with van der Waals surface area (Å²) in [4.78, 5) is 30.5. The van der Waals surface area contributed by atoms with Crippen molar-refractivity contribution in [1.82, 2.24) is 0 Å². The van der Waals surface area contributed by atoms with E-state index in [1.54, 1.807) is 0 Å². The Hall–Kier alpha value is -6.91. The summed E-state index contributed by atoms with van der Waals surface area (Å²) >= 11 is 0. The molecule has 0 radical (unpaired) electrons. The number of benzene rings is 6. The second-order valence-corrected chi connectivity index (χ2v) is 13.7. The Bertz CT molecular complexity index is 1910. The van der Waals surface area contributed by atoms with Crippen LogP contribution < -0.4 is 16.0 Å². The van der Waals surface area contributed by atoms with E-state index in [9.17, 15) is 14.4 Å². The van der Waals surface area contributed by atoms with Gasteiger partial charge in [0.05, 0.1) is 12.8 Å². The van der Waals surface area contributed by atoms with Gasteiger partial charge in [-0.15, -0.1) is 0 Å². The molecule has 0 atom stereocenters. The van der Waals surface area contributed by atoms with Crippen molar-refractivity contribution >= 4 is 52.0 Å².